The minimum atomic E-state index is -0.393. The first-order valence-electron chi connectivity index (χ1n) is 6.54. The molecule has 5 heteroatoms. The molecule has 0 aliphatic carbocycles. The molecular formula is C14H22FN3O. The maximum atomic E-state index is 13.9. The number of benzene rings is 1. The molecule has 1 rings (SSSR count). The number of rotatable bonds is 8. The maximum absolute atomic E-state index is 13.9. The molecule has 106 valence electrons. The van der Waals surface area contributed by atoms with Crippen LogP contribution >= 0.6 is 0 Å². The van der Waals surface area contributed by atoms with Gasteiger partial charge in [0.05, 0.1) is 6.54 Å². The molecule has 1 amide bonds. The van der Waals surface area contributed by atoms with Crippen LogP contribution in [0.1, 0.15) is 30.9 Å². The number of nitrogens with zero attached hydrogens (tertiary/aromatic N) is 1. The van der Waals surface area contributed by atoms with Crippen LogP contribution < -0.4 is 11.5 Å². The van der Waals surface area contributed by atoms with Crippen molar-refractivity contribution in [1.29, 1.82) is 0 Å². The van der Waals surface area contributed by atoms with Crippen molar-refractivity contribution in [2.75, 3.05) is 13.1 Å². The number of carbonyl (C=O) groups is 1. The normalized spacial score (nSPS) is 10.9. The maximum Gasteiger partial charge on any atom is 0.231 e. The van der Waals surface area contributed by atoms with Crippen LogP contribution in [0.2, 0.25) is 0 Å². The summed E-state index contributed by atoms with van der Waals surface area (Å²) in [5.41, 5.74) is 12.0. The van der Waals surface area contributed by atoms with Gasteiger partial charge in [-0.2, -0.15) is 0 Å². The standard InChI is InChI=1S/C14H22FN3O/c1-2-3-6-18(10-14(17)19)9-12-5-4-11(8-16)7-13(12)15/h4-5,7H,2-3,6,8-10,16H2,1H3,(H2,17,19). The van der Waals surface area contributed by atoms with E-state index in [1.54, 1.807) is 12.1 Å². The first-order valence-corrected chi connectivity index (χ1v) is 6.54. The Kier molecular flexibility index (Phi) is 6.45. The van der Waals surface area contributed by atoms with Crippen molar-refractivity contribution < 1.29 is 9.18 Å². The molecule has 0 aliphatic heterocycles. The zero-order valence-corrected chi connectivity index (χ0v) is 11.4. The second kappa shape index (κ2) is 7.86. The van der Waals surface area contributed by atoms with Gasteiger partial charge in [-0.3, -0.25) is 9.69 Å². The van der Waals surface area contributed by atoms with Gasteiger partial charge >= 0.3 is 0 Å². The first-order chi connectivity index (χ1) is 9.06. The number of halogens is 1. The number of nitrogens with two attached hydrogens (primary N) is 2. The van der Waals surface area contributed by atoms with E-state index in [1.165, 1.54) is 6.07 Å². The summed E-state index contributed by atoms with van der Waals surface area (Å²) in [7, 11) is 0. The molecule has 0 atom stereocenters. The Hall–Kier alpha value is -1.46. The predicted molar refractivity (Wildman–Crippen MR) is 73.7 cm³/mol. The summed E-state index contributed by atoms with van der Waals surface area (Å²) in [5, 5.41) is 0. The van der Waals surface area contributed by atoms with E-state index in [4.69, 9.17) is 11.5 Å². The van der Waals surface area contributed by atoms with Crippen LogP contribution in [0.15, 0.2) is 18.2 Å². The molecule has 0 fully saturated rings. The zero-order chi connectivity index (χ0) is 14.3. The van der Waals surface area contributed by atoms with Gasteiger partial charge in [-0.1, -0.05) is 25.5 Å². The average molecular weight is 267 g/mol. The van der Waals surface area contributed by atoms with Gasteiger partial charge in [-0.25, -0.2) is 4.39 Å². The summed E-state index contributed by atoms with van der Waals surface area (Å²) in [4.78, 5) is 12.9. The largest absolute Gasteiger partial charge is 0.369 e. The van der Waals surface area contributed by atoms with Crippen LogP contribution in [-0.4, -0.2) is 23.9 Å². The Morgan fingerprint density at radius 2 is 2.16 bits per heavy atom. The molecule has 0 radical (unpaired) electrons. The molecule has 0 unspecified atom stereocenters. The van der Waals surface area contributed by atoms with Gasteiger partial charge in [0.1, 0.15) is 5.82 Å². The lowest BCUT2D eigenvalue weighted by Gasteiger charge is -2.21. The number of amides is 1. The Balaban J connectivity index is 2.74. The zero-order valence-electron chi connectivity index (χ0n) is 11.4. The molecule has 4 N–H and O–H groups in total. The Morgan fingerprint density at radius 3 is 2.68 bits per heavy atom. The van der Waals surface area contributed by atoms with Crippen LogP contribution in [-0.2, 0) is 17.9 Å². The van der Waals surface area contributed by atoms with Crippen LogP contribution in [0.5, 0.6) is 0 Å². The summed E-state index contributed by atoms with van der Waals surface area (Å²) in [6, 6.07) is 4.97. The van der Waals surface area contributed by atoms with Crippen LogP contribution in [0, 0.1) is 5.82 Å². The van der Waals surface area contributed by atoms with Crippen molar-refractivity contribution in [1.82, 2.24) is 4.90 Å². The monoisotopic (exact) mass is 267 g/mol. The molecule has 1 aromatic carbocycles. The summed E-state index contributed by atoms with van der Waals surface area (Å²) >= 11 is 0. The lowest BCUT2D eigenvalue weighted by molar-refractivity contribution is -0.119. The number of primary amides is 1. The fourth-order valence-electron chi connectivity index (χ4n) is 1.90. The van der Waals surface area contributed by atoms with Gasteiger partial charge in [0.15, 0.2) is 0 Å². The molecule has 0 heterocycles. The van der Waals surface area contributed by atoms with E-state index in [0.717, 1.165) is 24.9 Å². The number of hydrogen-bond donors (Lipinski definition) is 2. The van der Waals surface area contributed by atoms with Crippen molar-refractivity contribution in [3.8, 4) is 0 Å². The Bertz CT molecular complexity index is 423. The summed E-state index contributed by atoms with van der Waals surface area (Å²) in [5.74, 6) is -0.677. The second-order valence-corrected chi connectivity index (χ2v) is 4.66. The highest BCUT2D eigenvalue weighted by Crippen LogP contribution is 2.13. The molecule has 0 aliphatic rings. The molecule has 1 aromatic rings. The fourth-order valence-corrected chi connectivity index (χ4v) is 1.90. The molecule has 0 bridgehead atoms. The van der Waals surface area contributed by atoms with E-state index in [2.05, 4.69) is 6.92 Å². The minimum absolute atomic E-state index is 0.151. The topological polar surface area (TPSA) is 72.3 Å². The molecular weight excluding hydrogens is 245 g/mol. The number of unbranched alkanes of at least 4 members (excludes halogenated alkanes) is 1. The van der Waals surface area contributed by atoms with Crippen molar-refractivity contribution in [2.45, 2.75) is 32.9 Å². The lowest BCUT2D eigenvalue weighted by Crippen LogP contribution is -2.34. The third-order valence-electron chi connectivity index (χ3n) is 2.95. The summed E-state index contributed by atoms with van der Waals surface area (Å²) in [6.07, 6.45) is 1.97. The summed E-state index contributed by atoms with van der Waals surface area (Å²) < 4.78 is 13.9. The minimum Gasteiger partial charge on any atom is -0.369 e. The third kappa shape index (κ3) is 5.36. The van der Waals surface area contributed by atoms with Gasteiger partial charge in [-0.05, 0) is 24.6 Å². The van der Waals surface area contributed by atoms with Gasteiger partial charge in [0, 0.05) is 18.7 Å². The smallest absolute Gasteiger partial charge is 0.231 e. The van der Waals surface area contributed by atoms with Gasteiger partial charge in [-0.15, -0.1) is 0 Å². The first kappa shape index (κ1) is 15.6. The second-order valence-electron chi connectivity index (χ2n) is 4.66. The molecule has 19 heavy (non-hydrogen) atoms. The van der Waals surface area contributed by atoms with Crippen LogP contribution in [0.25, 0.3) is 0 Å². The van der Waals surface area contributed by atoms with E-state index >= 15 is 0 Å². The van der Waals surface area contributed by atoms with Crippen molar-refractivity contribution >= 4 is 5.91 Å². The highest BCUT2D eigenvalue weighted by Gasteiger charge is 2.11. The van der Waals surface area contributed by atoms with E-state index < -0.39 is 5.91 Å². The highest BCUT2D eigenvalue weighted by atomic mass is 19.1. The van der Waals surface area contributed by atoms with Crippen molar-refractivity contribution in [2.24, 2.45) is 11.5 Å². The third-order valence-corrected chi connectivity index (χ3v) is 2.95. The summed E-state index contributed by atoms with van der Waals surface area (Å²) in [6.45, 7) is 3.66. The Labute approximate surface area is 113 Å². The van der Waals surface area contributed by atoms with E-state index in [-0.39, 0.29) is 12.4 Å². The Morgan fingerprint density at radius 1 is 1.42 bits per heavy atom. The number of carbonyl (C=O) groups excluding carboxylic acids is 1. The SMILES string of the molecule is CCCCN(CC(N)=O)Cc1ccc(CN)cc1F. The van der Waals surface area contributed by atoms with Crippen LogP contribution in [0.4, 0.5) is 4.39 Å². The van der Waals surface area contributed by atoms with Gasteiger partial charge in [0.2, 0.25) is 5.91 Å². The van der Waals surface area contributed by atoms with E-state index in [0.29, 0.717) is 18.7 Å². The predicted octanol–water partition coefficient (Wildman–Crippen LogP) is 1.37. The lowest BCUT2D eigenvalue weighted by atomic mass is 10.1. The molecule has 0 aromatic heterocycles. The van der Waals surface area contributed by atoms with Gasteiger partial charge < -0.3 is 11.5 Å². The average Bonchev–Trinajstić information content (AvgIpc) is 2.37. The van der Waals surface area contributed by atoms with E-state index in [9.17, 15) is 9.18 Å². The van der Waals surface area contributed by atoms with Crippen molar-refractivity contribution in [3.05, 3.63) is 35.1 Å². The number of hydrogen-bond acceptors (Lipinski definition) is 3. The van der Waals surface area contributed by atoms with Crippen molar-refractivity contribution in [3.63, 3.8) is 0 Å². The molecule has 4 nitrogen and oxygen atoms in total. The van der Waals surface area contributed by atoms with Gasteiger partial charge in [0.25, 0.3) is 0 Å². The van der Waals surface area contributed by atoms with Crippen LogP contribution in [0.3, 0.4) is 0 Å². The quantitative estimate of drug-likeness (QED) is 0.747. The van der Waals surface area contributed by atoms with E-state index in [1.807, 2.05) is 4.90 Å². The molecule has 0 spiro atoms. The molecule has 0 saturated carbocycles. The highest BCUT2D eigenvalue weighted by molar-refractivity contribution is 5.75. The fraction of sp³-hybridized carbons (Fsp3) is 0.500. The molecule has 0 saturated heterocycles.